The first-order chi connectivity index (χ1) is 7.92. The van der Waals surface area contributed by atoms with Crippen molar-refractivity contribution in [2.45, 2.75) is 38.6 Å². The number of fused-ring (bicyclic) bond motifs is 2. The predicted molar refractivity (Wildman–Crippen MR) is 61.8 cm³/mol. The van der Waals surface area contributed by atoms with E-state index in [1.165, 1.54) is 32.1 Å². The van der Waals surface area contributed by atoms with Crippen LogP contribution in [0.1, 0.15) is 37.8 Å². The standard InChI is InChI=1S/C13H20N2O/c1-2-11-7-10(1)8-12(11)3-5-14-9-13-4-6-16-15-13/h4,6,10-12,14H,1-3,5,7-9H2. The molecule has 1 aromatic heterocycles. The molecule has 1 N–H and O–H groups in total. The van der Waals surface area contributed by atoms with E-state index in [0.717, 1.165) is 36.5 Å². The molecule has 3 nitrogen and oxygen atoms in total. The van der Waals surface area contributed by atoms with E-state index in [1.54, 1.807) is 6.26 Å². The molecule has 88 valence electrons. The Balaban J connectivity index is 1.35. The van der Waals surface area contributed by atoms with Gasteiger partial charge in [-0.15, -0.1) is 0 Å². The van der Waals surface area contributed by atoms with Crippen LogP contribution in [0, 0.1) is 17.8 Å². The predicted octanol–water partition coefficient (Wildman–Crippen LogP) is 2.59. The molecule has 2 aliphatic rings. The van der Waals surface area contributed by atoms with Gasteiger partial charge in [-0.2, -0.15) is 0 Å². The summed E-state index contributed by atoms with van der Waals surface area (Å²) in [5, 5.41) is 7.34. The van der Waals surface area contributed by atoms with Crippen molar-refractivity contribution in [3.63, 3.8) is 0 Å². The van der Waals surface area contributed by atoms with E-state index >= 15 is 0 Å². The molecule has 3 heteroatoms. The molecule has 3 atom stereocenters. The lowest BCUT2D eigenvalue weighted by Gasteiger charge is -2.21. The fourth-order valence-corrected chi connectivity index (χ4v) is 3.56. The summed E-state index contributed by atoms with van der Waals surface area (Å²) in [5.41, 5.74) is 1.01. The van der Waals surface area contributed by atoms with Crippen molar-refractivity contribution < 1.29 is 4.52 Å². The molecule has 2 aliphatic carbocycles. The van der Waals surface area contributed by atoms with Crippen LogP contribution in [-0.2, 0) is 6.54 Å². The molecule has 3 rings (SSSR count). The maximum Gasteiger partial charge on any atom is 0.124 e. The van der Waals surface area contributed by atoms with Crippen LogP contribution in [0.3, 0.4) is 0 Å². The van der Waals surface area contributed by atoms with Crippen molar-refractivity contribution in [2.24, 2.45) is 17.8 Å². The molecule has 0 aliphatic heterocycles. The molecule has 2 fully saturated rings. The van der Waals surface area contributed by atoms with Gasteiger partial charge in [-0.05, 0) is 50.0 Å². The van der Waals surface area contributed by atoms with Gasteiger partial charge in [0.2, 0.25) is 0 Å². The van der Waals surface area contributed by atoms with Crippen LogP contribution < -0.4 is 5.32 Å². The minimum atomic E-state index is 0.845. The van der Waals surface area contributed by atoms with Crippen molar-refractivity contribution in [3.8, 4) is 0 Å². The Morgan fingerprint density at radius 2 is 2.38 bits per heavy atom. The third-order valence-electron chi connectivity index (χ3n) is 4.37. The van der Waals surface area contributed by atoms with Crippen molar-refractivity contribution in [2.75, 3.05) is 6.54 Å². The van der Waals surface area contributed by atoms with Crippen molar-refractivity contribution in [1.82, 2.24) is 10.5 Å². The van der Waals surface area contributed by atoms with Crippen LogP contribution in [0.5, 0.6) is 0 Å². The van der Waals surface area contributed by atoms with Crippen LogP contribution in [-0.4, -0.2) is 11.7 Å². The lowest BCUT2D eigenvalue weighted by molar-refractivity contribution is 0.309. The average molecular weight is 220 g/mol. The molecule has 0 amide bonds. The Hall–Kier alpha value is -0.830. The van der Waals surface area contributed by atoms with E-state index in [9.17, 15) is 0 Å². The van der Waals surface area contributed by atoms with Gasteiger partial charge in [-0.25, -0.2) is 0 Å². The fourth-order valence-electron chi connectivity index (χ4n) is 3.56. The van der Waals surface area contributed by atoms with E-state index in [-0.39, 0.29) is 0 Å². The highest BCUT2D eigenvalue weighted by Crippen LogP contribution is 2.49. The summed E-state index contributed by atoms with van der Waals surface area (Å²) < 4.78 is 4.80. The SMILES string of the molecule is c1cc(CNCCC2CC3CCC2C3)no1. The summed E-state index contributed by atoms with van der Waals surface area (Å²) >= 11 is 0. The Labute approximate surface area is 96.6 Å². The molecule has 0 aromatic carbocycles. The maximum atomic E-state index is 4.80. The smallest absolute Gasteiger partial charge is 0.124 e. The average Bonchev–Trinajstić information content (AvgIpc) is 3.01. The first-order valence-electron chi connectivity index (χ1n) is 6.52. The van der Waals surface area contributed by atoms with Crippen LogP contribution >= 0.6 is 0 Å². The third-order valence-corrected chi connectivity index (χ3v) is 4.37. The molecular weight excluding hydrogens is 200 g/mol. The van der Waals surface area contributed by atoms with Gasteiger partial charge < -0.3 is 9.84 Å². The zero-order valence-corrected chi connectivity index (χ0v) is 9.69. The van der Waals surface area contributed by atoms with Crippen LogP contribution in [0.15, 0.2) is 16.9 Å². The topological polar surface area (TPSA) is 38.1 Å². The van der Waals surface area contributed by atoms with Gasteiger partial charge >= 0.3 is 0 Å². The zero-order valence-electron chi connectivity index (χ0n) is 9.69. The number of hydrogen-bond donors (Lipinski definition) is 1. The molecule has 2 bridgehead atoms. The summed E-state index contributed by atoms with van der Waals surface area (Å²) in [6.45, 7) is 1.97. The molecule has 16 heavy (non-hydrogen) atoms. The van der Waals surface area contributed by atoms with Gasteiger partial charge in [-0.3, -0.25) is 0 Å². The summed E-state index contributed by atoms with van der Waals surface area (Å²) in [5.74, 6) is 3.13. The molecule has 0 saturated heterocycles. The normalized spacial score (nSPS) is 32.4. The first-order valence-corrected chi connectivity index (χ1v) is 6.52. The lowest BCUT2D eigenvalue weighted by atomic mass is 9.86. The monoisotopic (exact) mass is 220 g/mol. The molecule has 2 saturated carbocycles. The summed E-state index contributed by atoms with van der Waals surface area (Å²) in [6.07, 6.45) is 9.00. The fraction of sp³-hybridized carbons (Fsp3) is 0.769. The largest absolute Gasteiger partial charge is 0.364 e. The first kappa shape index (κ1) is 10.3. The van der Waals surface area contributed by atoms with Crippen LogP contribution in [0.25, 0.3) is 0 Å². The minimum Gasteiger partial charge on any atom is -0.364 e. The highest BCUT2D eigenvalue weighted by Gasteiger charge is 2.38. The van der Waals surface area contributed by atoms with E-state index in [0.29, 0.717) is 0 Å². The number of rotatable bonds is 5. The molecule has 3 unspecified atom stereocenters. The van der Waals surface area contributed by atoms with Gasteiger partial charge in [0.25, 0.3) is 0 Å². The van der Waals surface area contributed by atoms with Gasteiger partial charge in [0, 0.05) is 12.6 Å². The Morgan fingerprint density at radius 1 is 1.38 bits per heavy atom. The highest BCUT2D eigenvalue weighted by atomic mass is 16.5. The second-order valence-electron chi connectivity index (χ2n) is 5.39. The number of nitrogens with zero attached hydrogens (tertiary/aromatic N) is 1. The van der Waals surface area contributed by atoms with Gasteiger partial charge in [0.1, 0.15) is 6.26 Å². The van der Waals surface area contributed by atoms with E-state index < -0.39 is 0 Å². The molecule has 1 aromatic rings. The van der Waals surface area contributed by atoms with E-state index in [4.69, 9.17) is 4.52 Å². The number of aromatic nitrogens is 1. The Bertz CT molecular complexity index is 323. The van der Waals surface area contributed by atoms with Gasteiger partial charge in [0.15, 0.2) is 0 Å². The second-order valence-corrected chi connectivity index (χ2v) is 5.39. The molecule has 0 radical (unpaired) electrons. The maximum absolute atomic E-state index is 4.80. The Kier molecular flexibility index (Phi) is 2.96. The molecule has 1 heterocycles. The van der Waals surface area contributed by atoms with E-state index in [2.05, 4.69) is 10.5 Å². The van der Waals surface area contributed by atoms with Crippen molar-refractivity contribution >= 4 is 0 Å². The summed E-state index contributed by atoms with van der Waals surface area (Å²) in [6, 6.07) is 1.92. The quantitative estimate of drug-likeness (QED) is 0.775. The minimum absolute atomic E-state index is 0.845. The lowest BCUT2D eigenvalue weighted by Crippen LogP contribution is -2.20. The van der Waals surface area contributed by atoms with Gasteiger partial charge in [-0.1, -0.05) is 11.6 Å². The van der Waals surface area contributed by atoms with Crippen LogP contribution in [0.2, 0.25) is 0 Å². The number of nitrogens with one attached hydrogen (secondary N) is 1. The van der Waals surface area contributed by atoms with Crippen molar-refractivity contribution in [3.05, 3.63) is 18.0 Å². The van der Waals surface area contributed by atoms with E-state index in [1.807, 2.05) is 6.07 Å². The molecule has 0 spiro atoms. The molecular formula is C13H20N2O. The van der Waals surface area contributed by atoms with Crippen LogP contribution in [0.4, 0.5) is 0 Å². The second kappa shape index (κ2) is 4.58. The van der Waals surface area contributed by atoms with Crippen molar-refractivity contribution in [1.29, 1.82) is 0 Å². The highest BCUT2D eigenvalue weighted by molar-refractivity contribution is 4.94. The summed E-state index contributed by atoms with van der Waals surface area (Å²) in [4.78, 5) is 0. The third kappa shape index (κ3) is 2.14. The zero-order chi connectivity index (χ0) is 10.8. The summed E-state index contributed by atoms with van der Waals surface area (Å²) in [7, 11) is 0. The Morgan fingerprint density at radius 3 is 3.06 bits per heavy atom. The number of hydrogen-bond acceptors (Lipinski definition) is 3. The van der Waals surface area contributed by atoms with Gasteiger partial charge in [0.05, 0.1) is 5.69 Å².